The van der Waals surface area contributed by atoms with Crippen LogP contribution in [-0.4, -0.2) is 29.5 Å². The molecule has 0 saturated carbocycles. The normalized spacial score (nSPS) is 21.3. The number of hydrogen-bond acceptors (Lipinski definition) is 2. The molecule has 0 bridgehead atoms. The first-order chi connectivity index (χ1) is 8.69. The third-order valence-corrected chi connectivity index (χ3v) is 4.27. The summed E-state index contributed by atoms with van der Waals surface area (Å²) in [7, 11) is 0. The molecule has 1 spiro atoms. The van der Waals surface area contributed by atoms with E-state index in [1.165, 1.54) is 5.56 Å². The molecule has 3 heteroatoms. The molecule has 18 heavy (non-hydrogen) atoms. The highest BCUT2D eigenvalue weighted by Gasteiger charge is 2.39. The van der Waals surface area contributed by atoms with E-state index in [0.717, 1.165) is 44.5 Å². The van der Waals surface area contributed by atoms with Crippen molar-refractivity contribution in [3.63, 3.8) is 0 Å². The predicted molar refractivity (Wildman–Crippen MR) is 69.6 cm³/mol. The number of rotatable bonds is 0. The van der Waals surface area contributed by atoms with Crippen LogP contribution in [-0.2, 0) is 11.2 Å². The SMILES string of the molecule is CC(=O)N1CCC2(CCc3ccccc3O2)CC1. The monoisotopic (exact) mass is 245 g/mol. The van der Waals surface area contributed by atoms with Crippen LogP contribution in [0.25, 0.3) is 0 Å². The largest absolute Gasteiger partial charge is 0.487 e. The average molecular weight is 245 g/mol. The first kappa shape index (κ1) is 11.6. The van der Waals surface area contributed by atoms with Crippen LogP contribution in [0.15, 0.2) is 24.3 Å². The zero-order chi connectivity index (χ0) is 12.6. The number of amides is 1. The molecule has 0 unspecified atom stereocenters. The molecular formula is C15H19NO2. The molecule has 1 aromatic carbocycles. The van der Waals surface area contributed by atoms with Gasteiger partial charge in [-0.25, -0.2) is 0 Å². The summed E-state index contributed by atoms with van der Waals surface area (Å²) in [5, 5.41) is 0. The quantitative estimate of drug-likeness (QED) is 0.702. The molecule has 2 heterocycles. The molecule has 2 aliphatic rings. The summed E-state index contributed by atoms with van der Waals surface area (Å²) >= 11 is 0. The van der Waals surface area contributed by atoms with Gasteiger partial charge in [-0.15, -0.1) is 0 Å². The van der Waals surface area contributed by atoms with E-state index in [1.54, 1.807) is 6.92 Å². The molecule has 1 aromatic rings. The number of benzene rings is 1. The van der Waals surface area contributed by atoms with Gasteiger partial charge in [-0.3, -0.25) is 4.79 Å². The van der Waals surface area contributed by atoms with Crippen LogP contribution in [0, 0.1) is 0 Å². The highest BCUT2D eigenvalue weighted by Crippen LogP contribution is 2.39. The summed E-state index contributed by atoms with van der Waals surface area (Å²) in [5.74, 6) is 1.22. The molecule has 0 radical (unpaired) electrons. The van der Waals surface area contributed by atoms with E-state index in [2.05, 4.69) is 18.2 Å². The minimum atomic E-state index is -0.0275. The van der Waals surface area contributed by atoms with Crippen LogP contribution < -0.4 is 4.74 Å². The van der Waals surface area contributed by atoms with Gasteiger partial charge >= 0.3 is 0 Å². The number of carbonyl (C=O) groups is 1. The van der Waals surface area contributed by atoms with E-state index in [4.69, 9.17) is 4.74 Å². The van der Waals surface area contributed by atoms with Crippen molar-refractivity contribution in [3.05, 3.63) is 29.8 Å². The van der Waals surface area contributed by atoms with Crippen molar-refractivity contribution in [2.24, 2.45) is 0 Å². The summed E-state index contributed by atoms with van der Waals surface area (Å²) in [4.78, 5) is 13.3. The Hall–Kier alpha value is -1.51. The lowest BCUT2D eigenvalue weighted by Crippen LogP contribution is -2.50. The molecule has 0 atom stereocenters. The molecule has 2 aliphatic heterocycles. The predicted octanol–water partition coefficient (Wildman–Crippen LogP) is 2.39. The number of nitrogens with zero attached hydrogens (tertiary/aromatic N) is 1. The fourth-order valence-corrected chi connectivity index (χ4v) is 3.04. The molecule has 1 fully saturated rings. The Bertz CT molecular complexity index is 461. The van der Waals surface area contributed by atoms with Gasteiger partial charge in [0, 0.05) is 32.9 Å². The molecule has 96 valence electrons. The van der Waals surface area contributed by atoms with Crippen molar-refractivity contribution < 1.29 is 9.53 Å². The maximum absolute atomic E-state index is 11.4. The second-order valence-electron chi connectivity index (χ2n) is 5.40. The molecule has 0 aliphatic carbocycles. The summed E-state index contributed by atoms with van der Waals surface area (Å²) in [5.41, 5.74) is 1.29. The first-order valence-corrected chi connectivity index (χ1v) is 6.71. The standard InChI is InChI=1S/C15H19NO2/c1-12(17)16-10-8-15(9-11-16)7-6-13-4-2-3-5-14(13)18-15/h2-5H,6-11H2,1H3. The van der Waals surface area contributed by atoms with Crippen LogP contribution in [0.3, 0.4) is 0 Å². The lowest BCUT2D eigenvalue weighted by molar-refractivity contribution is -0.132. The molecule has 0 N–H and O–H groups in total. The number of aryl methyl sites for hydroxylation is 1. The van der Waals surface area contributed by atoms with Gasteiger partial charge < -0.3 is 9.64 Å². The van der Waals surface area contributed by atoms with Gasteiger partial charge in [0.25, 0.3) is 0 Å². The van der Waals surface area contributed by atoms with Crippen molar-refractivity contribution in [1.29, 1.82) is 0 Å². The number of piperidine rings is 1. The van der Waals surface area contributed by atoms with Crippen LogP contribution in [0.4, 0.5) is 0 Å². The Labute approximate surface area is 108 Å². The molecule has 3 nitrogen and oxygen atoms in total. The summed E-state index contributed by atoms with van der Waals surface area (Å²) in [6, 6.07) is 8.31. The first-order valence-electron chi connectivity index (χ1n) is 6.71. The molecular weight excluding hydrogens is 226 g/mol. The Balaban J connectivity index is 1.74. The lowest BCUT2D eigenvalue weighted by atomic mass is 9.83. The van der Waals surface area contributed by atoms with E-state index in [0.29, 0.717) is 0 Å². The number of carbonyl (C=O) groups excluding carboxylic acids is 1. The van der Waals surface area contributed by atoms with E-state index in [-0.39, 0.29) is 11.5 Å². The van der Waals surface area contributed by atoms with Crippen LogP contribution in [0.1, 0.15) is 31.7 Å². The van der Waals surface area contributed by atoms with Crippen LogP contribution >= 0.6 is 0 Å². The summed E-state index contributed by atoms with van der Waals surface area (Å²) in [6.45, 7) is 3.31. The lowest BCUT2D eigenvalue weighted by Gasteiger charge is -2.44. The van der Waals surface area contributed by atoms with Crippen molar-refractivity contribution >= 4 is 5.91 Å². The van der Waals surface area contributed by atoms with Gasteiger partial charge in [-0.2, -0.15) is 0 Å². The van der Waals surface area contributed by atoms with Crippen LogP contribution in [0.2, 0.25) is 0 Å². The van der Waals surface area contributed by atoms with Gasteiger partial charge in [-0.1, -0.05) is 18.2 Å². The van der Waals surface area contributed by atoms with E-state index in [9.17, 15) is 4.79 Å². The van der Waals surface area contributed by atoms with Gasteiger partial charge in [0.2, 0.25) is 5.91 Å². The summed E-state index contributed by atoms with van der Waals surface area (Å²) < 4.78 is 6.25. The Morgan fingerprint density at radius 2 is 1.94 bits per heavy atom. The topological polar surface area (TPSA) is 29.5 Å². The highest BCUT2D eigenvalue weighted by atomic mass is 16.5. The Kier molecular flexibility index (Phi) is 2.77. The van der Waals surface area contributed by atoms with Crippen molar-refractivity contribution in [2.45, 2.75) is 38.2 Å². The van der Waals surface area contributed by atoms with Gasteiger partial charge in [0.05, 0.1) is 0 Å². The molecule has 0 aromatic heterocycles. The highest BCUT2D eigenvalue weighted by molar-refractivity contribution is 5.73. The Morgan fingerprint density at radius 1 is 1.22 bits per heavy atom. The Morgan fingerprint density at radius 3 is 2.67 bits per heavy atom. The van der Waals surface area contributed by atoms with Gasteiger partial charge in [0.15, 0.2) is 0 Å². The third kappa shape index (κ3) is 1.98. The van der Waals surface area contributed by atoms with Crippen molar-refractivity contribution in [2.75, 3.05) is 13.1 Å². The number of para-hydroxylation sites is 1. The minimum absolute atomic E-state index is 0.0275. The minimum Gasteiger partial charge on any atom is -0.487 e. The van der Waals surface area contributed by atoms with Gasteiger partial charge in [-0.05, 0) is 24.5 Å². The van der Waals surface area contributed by atoms with E-state index < -0.39 is 0 Å². The number of hydrogen-bond donors (Lipinski definition) is 0. The fourth-order valence-electron chi connectivity index (χ4n) is 3.04. The fraction of sp³-hybridized carbons (Fsp3) is 0.533. The number of likely N-dealkylation sites (tertiary alicyclic amines) is 1. The third-order valence-electron chi connectivity index (χ3n) is 4.27. The molecule has 3 rings (SSSR count). The number of fused-ring (bicyclic) bond motifs is 1. The zero-order valence-corrected chi connectivity index (χ0v) is 10.8. The number of ether oxygens (including phenoxy) is 1. The average Bonchev–Trinajstić information content (AvgIpc) is 2.39. The second kappa shape index (κ2) is 4.30. The maximum Gasteiger partial charge on any atom is 0.219 e. The van der Waals surface area contributed by atoms with E-state index in [1.807, 2.05) is 11.0 Å². The maximum atomic E-state index is 11.4. The summed E-state index contributed by atoms with van der Waals surface area (Å²) in [6.07, 6.45) is 4.09. The smallest absolute Gasteiger partial charge is 0.219 e. The van der Waals surface area contributed by atoms with E-state index >= 15 is 0 Å². The molecule has 1 amide bonds. The second-order valence-corrected chi connectivity index (χ2v) is 5.40. The van der Waals surface area contributed by atoms with Crippen molar-refractivity contribution in [1.82, 2.24) is 4.90 Å². The van der Waals surface area contributed by atoms with Gasteiger partial charge in [0.1, 0.15) is 11.4 Å². The zero-order valence-electron chi connectivity index (χ0n) is 10.8. The van der Waals surface area contributed by atoms with Crippen LogP contribution in [0.5, 0.6) is 5.75 Å². The van der Waals surface area contributed by atoms with Crippen molar-refractivity contribution in [3.8, 4) is 5.75 Å². The molecule has 1 saturated heterocycles.